The van der Waals surface area contributed by atoms with E-state index in [1.807, 2.05) is 42.5 Å². The van der Waals surface area contributed by atoms with Crippen LogP contribution in [0.15, 0.2) is 48.5 Å². The zero-order chi connectivity index (χ0) is 14.7. The Morgan fingerprint density at radius 1 is 1.24 bits per heavy atom. The number of benzene rings is 2. The number of rotatable bonds is 3. The summed E-state index contributed by atoms with van der Waals surface area (Å²) in [5, 5.41) is 6.26. The van der Waals surface area contributed by atoms with Crippen LogP contribution in [-0.2, 0) is 11.3 Å². The highest BCUT2D eigenvalue weighted by Crippen LogP contribution is 2.26. The standard InChI is InChI=1S/C17H18N2O2/c1-21-14-7-4-6-13(9-14)19-17(20)16-11-18-10-12-5-2-3-8-15(12)16/h2-9,16,18H,10-11H2,1H3,(H,19,20). The van der Waals surface area contributed by atoms with Crippen LogP contribution in [0.4, 0.5) is 5.69 Å². The van der Waals surface area contributed by atoms with Crippen LogP contribution in [0.1, 0.15) is 17.0 Å². The average molecular weight is 282 g/mol. The summed E-state index contributed by atoms with van der Waals surface area (Å²) in [6.07, 6.45) is 0. The molecule has 2 aromatic carbocycles. The fraction of sp³-hybridized carbons (Fsp3) is 0.235. The summed E-state index contributed by atoms with van der Waals surface area (Å²) >= 11 is 0. The summed E-state index contributed by atoms with van der Waals surface area (Å²) in [5.41, 5.74) is 3.05. The van der Waals surface area contributed by atoms with Crippen LogP contribution < -0.4 is 15.4 Å². The van der Waals surface area contributed by atoms with E-state index in [4.69, 9.17) is 4.74 Å². The van der Waals surface area contributed by atoms with Gasteiger partial charge in [-0.15, -0.1) is 0 Å². The highest BCUT2D eigenvalue weighted by molar-refractivity contribution is 5.96. The van der Waals surface area contributed by atoms with Crippen molar-refractivity contribution in [2.45, 2.75) is 12.5 Å². The maximum Gasteiger partial charge on any atom is 0.233 e. The molecule has 0 aliphatic carbocycles. The van der Waals surface area contributed by atoms with E-state index in [1.165, 1.54) is 5.56 Å². The lowest BCUT2D eigenvalue weighted by molar-refractivity contribution is -0.117. The molecule has 0 bridgehead atoms. The lowest BCUT2D eigenvalue weighted by atomic mass is 9.90. The van der Waals surface area contributed by atoms with Gasteiger partial charge in [0.25, 0.3) is 0 Å². The maximum absolute atomic E-state index is 12.5. The van der Waals surface area contributed by atoms with E-state index >= 15 is 0 Å². The van der Waals surface area contributed by atoms with Gasteiger partial charge in [-0.3, -0.25) is 4.79 Å². The van der Waals surface area contributed by atoms with E-state index < -0.39 is 0 Å². The maximum atomic E-state index is 12.5. The van der Waals surface area contributed by atoms with Crippen molar-refractivity contribution in [2.75, 3.05) is 19.0 Å². The van der Waals surface area contributed by atoms with Gasteiger partial charge < -0.3 is 15.4 Å². The first-order valence-electron chi connectivity index (χ1n) is 7.01. The number of nitrogens with one attached hydrogen (secondary N) is 2. The van der Waals surface area contributed by atoms with Crippen molar-refractivity contribution in [3.63, 3.8) is 0 Å². The summed E-state index contributed by atoms with van der Waals surface area (Å²) in [6, 6.07) is 15.5. The van der Waals surface area contributed by atoms with Gasteiger partial charge >= 0.3 is 0 Å². The molecule has 0 spiro atoms. The van der Waals surface area contributed by atoms with Crippen LogP contribution in [0.5, 0.6) is 5.75 Å². The third-order valence-electron chi connectivity index (χ3n) is 3.75. The molecule has 1 amide bonds. The number of hydrogen-bond donors (Lipinski definition) is 2. The van der Waals surface area contributed by atoms with E-state index in [0.717, 1.165) is 23.5 Å². The number of hydrogen-bond acceptors (Lipinski definition) is 3. The molecule has 2 aromatic rings. The van der Waals surface area contributed by atoms with Gasteiger partial charge in [-0.25, -0.2) is 0 Å². The number of carbonyl (C=O) groups excluding carboxylic acids is 1. The zero-order valence-electron chi connectivity index (χ0n) is 11.9. The summed E-state index contributed by atoms with van der Waals surface area (Å²) in [5.74, 6) is 0.569. The molecule has 21 heavy (non-hydrogen) atoms. The van der Waals surface area contributed by atoms with Gasteiger partial charge in [-0.05, 0) is 23.3 Å². The number of fused-ring (bicyclic) bond motifs is 1. The SMILES string of the molecule is COc1cccc(NC(=O)C2CNCc3ccccc32)c1. The Bertz CT molecular complexity index is 655. The Morgan fingerprint density at radius 2 is 2.10 bits per heavy atom. The second-order valence-electron chi connectivity index (χ2n) is 5.10. The number of carbonyl (C=O) groups is 1. The van der Waals surface area contributed by atoms with Crippen LogP contribution in [0.25, 0.3) is 0 Å². The molecule has 0 saturated heterocycles. The molecule has 0 aromatic heterocycles. The molecule has 1 aliphatic rings. The third kappa shape index (κ3) is 2.90. The van der Waals surface area contributed by atoms with E-state index in [0.29, 0.717) is 6.54 Å². The average Bonchev–Trinajstić information content (AvgIpc) is 2.54. The highest BCUT2D eigenvalue weighted by atomic mass is 16.5. The summed E-state index contributed by atoms with van der Waals surface area (Å²) in [7, 11) is 1.61. The van der Waals surface area contributed by atoms with Gasteiger partial charge in [0.15, 0.2) is 0 Å². The Morgan fingerprint density at radius 3 is 2.95 bits per heavy atom. The lowest BCUT2D eigenvalue weighted by Crippen LogP contribution is -2.35. The smallest absolute Gasteiger partial charge is 0.233 e. The number of anilines is 1. The second kappa shape index (κ2) is 5.97. The van der Waals surface area contributed by atoms with Gasteiger partial charge in [-0.1, -0.05) is 30.3 Å². The fourth-order valence-electron chi connectivity index (χ4n) is 2.66. The third-order valence-corrected chi connectivity index (χ3v) is 3.75. The minimum Gasteiger partial charge on any atom is -0.497 e. The van der Waals surface area contributed by atoms with Gasteiger partial charge in [0.2, 0.25) is 5.91 Å². The molecular weight excluding hydrogens is 264 g/mol. The predicted octanol–water partition coefficient (Wildman–Crippen LogP) is 2.52. The monoisotopic (exact) mass is 282 g/mol. The number of ether oxygens (including phenoxy) is 1. The Kier molecular flexibility index (Phi) is 3.88. The zero-order valence-corrected chi connectivity index (χ0v) is 11.9. The lowest BCUT2D eigenvalue weighted by Gasteiger charge is -2.25. The van der Waals surface area contributed by atoms with E-state index in [1.54, 1.807) is 7.11 Å². The molecule has 0 radical (unpaired) electrons. The van der Waals surface area contributed by atoms with Crippen LogP contribution in [0, 0.1) is 0 Å². The van der Waals surface area contributed by atoms with E-state index in [-0.39, 0.29) is 11.8 Å². The topological polar surface area (TPSA) is 50.4 Å². The quantitative estimate of drug-likeness (QED) is 0.909. The van der Waals surface area contributed by atoms with Crippen molar-refractivity contribution in [3.8, 4) is 5.75 Å². The molecular formula is C17H18N2O2. The summed E-state index contributed by atoms with van der Waals surface area (Å²) in [4.78, 5) is 12.5. The molecule has 2 N–H and O–H groups in total. The van der Waals surface area contributed by atoms with Crippen molar-refractivity contribution >= 4 is 11.6 Å². The Labute approximate surface area is 124 Å². The summed E-state index contributed by atoms with van der Waals surface area (Å²) in [6.45, 7) is 1.48. The van der Waals surface area contributed by atoms with Crippen LogP contribution in [0.3, 0.4) is 0 Å². The molecule has 1 heterocycles. The van der Waals surface area contributed by atoms with Crippen molar-refractivity contribution < 1.29 is 9.53 Å². The summed E-state index contributed by atoms with van der Waals surface area (Å²) < 4.78 is 5.17. The van der Waals surface area contributed by atoms with Crippen LogP contribution >= 0.6 is 0 Å². The molecule has 1 atom stereocenters. The van der Waals surface area contributed by atoms with Gasteiger partial charge in [-0.2, -0.15) is 0 Å². The molecule has 4 nitrogen and oxygen atoms in total. The normalized spacial score (nSPS) is 16.9. The van der Waals surface area contributed by atoms with Crippen LogP contribution in [-0.4, -0.2) is 19.6 Å². The second-order valence-corrected chi connectivity index (χ2v) is 5.10. The van der Waals surface area contributed by atoms with Crippen molar-refractivity contribution in [2.24, 2.45) is 0 Å². The Hall–Kier alpha value is -2.33. The van der Waals surface area contributed by atoms with Gasteiger partial charge in [0.1, 0.15) is 5.75 Å². The van der Waals surface area contributed by atoms with Crippen molar-refractivity contribution in [3.05, 3.63) is 59.7 Å². The van der Waals surface area contributed by atoms with Crippen LogP contribution in [0.2, 0.25) is 0 Å². The highest BCUT2D eigenvalue weighted by Gasteiger charge is 2.25. The van der Waals surface area contributed by atoms with Gasteiger partial charge in [0.05, 0.1) is 13.0 Å². The molecule has 3 rings (SSSR count). The number of amides is 1. The molecule has 1 aliphatic heterocycles. The number of methoxy groups -OCH3 is 1. The first-order valence-corrected chi connectivity index (χ1v) is 7.01. The molecule has 108 valence electrons. The molecule has 1 unspecified atom stereocenters. The first kappa shape index (κ1) is 13.6. The first-order chi connectivity index (χ1) is 10.3. The van der Waals surface area contributed by atoms with E-state index in [9.17, 15) is 4.79 Å². The predicted molar refractivity (Wildman–Crippen MR) is 82.5 cm³/mol. The van der Waals surface area contributed by atoms with Crippen molar-refractivity contribution in [1.82, 2.24) is 5.32 Å². The fourth-order valence-corrected chi connectivity index (χ4v) is 2.66. The van der Waals surface area contributed by atoms with Gasteiger partial charge in [0, 0.05) is 24.8 Å². The molecule has 0 saturated carbocycles. The van der Waals surface area contributed by atoms with E-state index in [2.05, 4.69) is 16.7 Å². The minimum atomic E-state index is -0.166. The largest absolute Gasteiger partial charge is 0.497 e. The molecule has 0 fully saturated rings. The van der Waals surface area contributed by atoms with Crippen molar-refractivity contribution in [1.29, 1.82) is 0 Å². The minimum absolute atomic E-state index is 0.00269. The molecule has 4 heteroatoms. The Balaban J connectivity index is 1.80.